The lowest BCUT2D eigenvalue weighted by Crippen LogP contribution is -2.55. The van der Waals surface area contributed by atoms with E-state index in [-0.39, 0.29) is 11.6 Å². The van der Waals surface area contributed by atoms with E-state index in [2.05, 4.69) is 58.9 Å². The van der Waals surface area contributed by atoms with Crippen LogP contribution in [0.1, 0.15) is 32.3 Å². The zero-order chi connectivity index (χ0) is 13.2. The Balaban J connectivity index is 2.04. The van der Waals surface area contributed by atoms with E-state index in [1.807, 2.05) is 0 Å². The van der Waals surface area contributed by atoms with Crippen molar-refractivity contribution >= 4 is 15.9 Å². The summed E-state index contributed by atoms with van der Waals surface area (Å²) < 4.78 is 1.13. The zero-order valence-corrected chi connectivity index (χ0v) is 12.9. The second-order valence-corrected chi connectivity index (χ2v) is 6.70. The van der Waals surface area contributed by atoms with E-state index in [0.717, 1.165) is 10.9 Å². The molecule has 1 atom stereocenters. The topological polar surface area (TPSA) is 29.3 Å². The molecule has 0 amide bonds. The molecular weight excluding hydrogens is 288 g/mol. The first-order valence-corrected chi connectivity index (χ1v) is 7.54. The van der Waals surface area contributed by atoms with E-state index in [1.165, 1.54) is 31.5 Å². The van der Waals surface area contributed by atoms with Crippen LogP contribution in [-0.4, -0.2) is 29.6 Å². The lowest BCUT2D eigenvalue weighted by atomic mass is 9.88. The molecule has 0 saturated carbocycles. The fourth-order valence-electron chi connectivity index (χ4n) is 2.70. The quantitative estimate of drug-likeness (QED) is 0.925. The molecule has 0 aromatic heterocycles. The van der Waals surface area contributed by atoms with Crippen LogP contribution in [-0.2, 0) is 6.42 Å². The number of benzene rings is 1. The molecule has 1 fully saturated rings. The fraction of sp³-hybridized carbons (Fsp3) is 0.600. The molecule has 2 rings (SSSR count). The molecule has 1 aliphatic rings. The van der Waals surface area contributed by atoms with E-state index < -0.39 is 0 Å². The normalized spacial score (nSPS) is 19.1. The van der Waals surface area contributed by atoms with Crippen LogP contribution in [0, 0.1) is 0 Å². The standard InChI is InChI=1S/C15H23BrN2/c1-15(2,18-8-3-4-9-18)14(17)11-12-6-5-7-13(16)10-12/h5-7,10,14H,3-4,8-9,11,17H2,1-2H3. The monoisotopic (exact) mass is 310 g/mol. The smallest absolute Gasteiger partial charge is 0.0307 e. The number of hydrogen-bond acceptors (Lipinski definition) is 2. The summed E-state index contributed by atoms with van der Waals surface area (Å²) in [4.78, 5) is 2.54. The van der Waals surface area contributed by atoms with Crippen LogP contribution in [0.2, 0.25) is 0 Å². The highest BCUT2D eigenvalue weighted by Crippen LogP contribution is 2.25. The molecule has 0 bridgehead atoms. The van der Waals surface area contributed by atoms with Crippen LogP contribution in [0.25, 0.3) is 0 Å². The molecule has 2 N–H and O–H groups in total. The first-order chi connectivity index (χ1) is 8.50. The first kappa shape index (κ1) is 14.0. The maximum absolute atomic E-state index is 6.46. The molecule has 0 aliphatic carbocycles. The van der Waals surface area contributed by atoms with Crippen molar-refractivity contribution in [3.05, 3.63) is 34.3 Å². The van der Waals surface area contributed by atoms with E-state index in [9.17, 15) is 0 Å². The third-order valence-corrected chi connectivity index (χ3v) is 4.67. The molecule has 100 valence electrons. The Bertz CT molecular complexity index is 397. The van der Waals surface area contributed by atoms with Gasteiger partial charge < -0.3 is 5.73 Å². The second kappa shape index (κ2) is 5.72. The third-order valence-electron chi connectivity index (χ3n) is 4.17. The van der Waals surface area contributed by atoms with Gasteiger partial charge in [0.05, 0.1) is 0 Å². The van der Waals surface area contributed by atoms with E-state index >= 15 is 0 Å². The van der Waals surface area contributed by atoms with Crippen LogP contribution in [0.15, 0.2) is 28.7 Å². The molecule has 1 saturated heterocycles. The highest BCUT2D eigenvalue weighted by Gasteiger charge is 2.34. The SMILES string of the molecule is CC(C)(C(N)Cc1cccc(Br)c1)N1CCCC1. The molecule has 1 aliphatic heterocycles. The van der Waals surface area contributed by atoms with Crippen molar-refractivity contribution in [3.63, 3.8) is 0 Å². The number of nitrogens with zero attached hydrogens (tertiary/aromatic N) is 1. The average Bonchev–Trinajstić information content (AvgIpc) is 2.82. The van der Waals surface area contributed by atoms with Crippen molar-refractivity contribution in [2.45, 2.75) is 44.7 Å². The van der Waals surface area contributed by atoms with Gasteiger partial charge in [-0.2, -0.15) is 0 Å². The summed E-state index contributed by atoms with van der Waals surface area (Å²) in [6.45, 7) is 6.94. The Morgan fingerprint density at radius 1 is 1.33 bits per heavy atom. The van der Waals surface area contributed by atoms with Gasteiger partial charge in [0, 0.05) is 16.1 Å². The summed E-state index contributed by atoms with van der Waals surface area (Å²) in [6.07, 6.45) is 3.56. The van der Waals surface area contributed by atoms with Gasteiger partial charge in [-0.3, -0.25) is 4.90 Å². The van der Waals surface area contributed by atoms with E-state index in [4.69, 9.17) is 5.73 Å². The lowest BCUT2D eigenvalue weighted by Gasteiger charge is -2.40. The Labute approximate surface area is 119 Å². The van der Waals surface area contributed by atoms with Gasteiger partial charge in [0.15, 0.2) is 0 Å². The van der Waals surface area contributed by atoms with Gasteiger partial charge in [-0.15, -0.1) is 0 Å². The van der Waals surface area contributed by atoms with Gasteiger partial charge >= 0.3 is 0 Å². The maximum Gasteiger partial charge on any atom is 0.0307 e. The highest BCUT2D eigenvalue weighted by atomic mass is 79.9. The van der Waals surface area contributed by atoms with Gasteiger partial charge in [-0.1, -0.05) is 28.1 Å². The molecule has 1 unspecified atom stereocenters. The minimum Gasteiger partial charge on any atom is -0.326 e. The molecule has 1 aromatic rings. The van der Waals surface area contributed by atoms with Crippen molar-refractivity contribution in [1.29, 1.82) is 0 Å². The summed E-state index contributed by atoms with van der Waals surface area (Å²) in [5, 5.41) is 0. The molecule has 3 heteroatoms. The number of hydrogen-bond donors (Lipinski definition) is 1. The molecule has 18 heavy (non-hydrogen) atoms. The first-order valence-electron chi connectivity index (χ1n) is 6.75. The minimum atomic E-state index is 0.0822. The maximum atomic E-state index is 6.46. The number of nitrogens with two attached hydrogens (primary N) is 1. The van der Waals surface area contributed by atoms with Crippen LogP contribution >= 0.6 is 15.9 Å². The van der Waals surface area contributed by atoms with Crippen LogP contribution in [0.3, 0.4) is 0 Å². The summed E-state index contributed by atoms with van der Waals surface area (Å²) in [5.41, 5.74) is 7.85. The van der Waals surface area contributed by atoms with Crippen molar-refractivity contribution in [3.8, 4) is 0 Å². The molecule has 2 nitrogen and oxygen atoms in total. The van der Waals surface area contributed by atoms with E-state index in [0.29, 0.717) is 0 Å². The van der Waals surface area contributed by atoms with Crippen molar-refractivity contribution in [2.75, 3.05) is 13.1 Å². The highest BCUT2D eigenvalue weighted by molar-refractivity contribution is 9.10. The van der Waals surface area contributed by atoms with Gasteiger partial charge in [-0.25, -0.2) is 0 Å². The second-order valence-electron chi connectivity index (χ2n) is 5.79. The molecule has 0 radical (unpaired) electrons. The summed E-state index contributed by atoms with van der Waals surface area (Å²) in [5.74, 6) is 0. The van der Waals surface area contributed by atoms with Gasteiger partial charge in [0.25, 0.3) is 0 Å². The predicted octanol–water partition coefficient (Wildman–Crippen LogP) is 3.19. The fourth-order valence-corrected chi connectivity index (χ4v) is 3.14. The van der Waals surface area contributed by atoms with Gasteiger partial charge in [-0.05, 0) is 63.9 Å². The molecule has 0 spiro atoms. The van der Waals surface area contributed by atoms with Crippen molar-refractivity contribution < 1.29 is 0 Å². The van der Waals surface area contributed by atoms with Crippen LogP contribution < -0.4 is 5.73 Å². The Kier molecular flexibility index (Phi) is 4.46. The summed E-state index contributed by atoms with van der Waals surface area (Å²) in [7, 11) is 0. The Morgan fingerprint density at radius 3 is 2.61 bits per heavy atom. The summed E-state index contributed by atoms with van der Waals surface area (Å²) >= 11 is 3.52. The van der Waals surface area contributed by atoms with Crippen molar-refractivity contribution in [1.82, 2.24) is 4.90 Å². The summed E-state index contributed by atoms with van der Waals surface area (Å²) in [6, 6.07) is 8.63. The number of rotatable bonds is 4. The lowest BCUT2D eigenvalue weighted by molar-refractivity contribution is 0.123. The van der Waals surface area contributed by atoms with Gasteiger partial charge in [0.1, 0.15) is 0 Å². The molecular formula is C15H23BrN2. The van der Waals surface area contributed by atoms with Crippen LogP contribution in [0.5, 0.6) is 0 Å². The Hall–Kier alpha value is -0.380. The predicted molar refractivity (Wildman–Crippen MR) is 80.7 cm³/mol. The van der Waals surface area contributed by atoms with E-state index in [1.54, 1.807) is 0 Å². The number of likely N-dealkylation sites (tertiary alicyclic amines) is 1. The van der Waals surface area contributed by atoms with Crippen LogP contribution in [0.4, 0.5) is 0 Å². The Morgan fingerprint density at radius 2 is 2.00 bits per heavy atom. The minimum absolute atomic E-state index is 0.0822. The zero-order valence-electron chi connectivity index (χ0n) is 11.3. The molecule has 1 heterocycles. The average molecular weight is 311 g/mol. The number of halogens is 1. The molecule has 1 aromatic carbocycles. The largest absolute Gasteiger partial charge is 0.326 e. The third kappa shape index (κ3) is 3.14. The van der Waals surface area contributed by atoms with Crippen molar-refractivity contribution in [2.24, 2.45) is 5.73 Å². The van der Waals surface area contributed by atoms with Gasteiger partial charge in [0.2, 0.25) is 0 Å².